The minimum Gasteiger partial charge on any atom is -0.406 e. The molecule has 63 heavy (non-hydrogen) atoms. The largest absolute Gasteiger partial charge is 0.573 e. The van der Waals surface area contributed by atoms with Crippen LogP contribution in [0.2, 0.25) is 5.02 Å². The number of imidazole rings is 1. The summed E-state index contributed by atoms with van der Waals surface area (Å²) in [4.78, 5) is 28.3. The molecule has 3 aromatic heterocycles. The maximum atomic E-state index is 13.0. The summed E-state index contributed by atoms with van der Waals surface area (Å²) >= 11 is 6.14. The van der Waals surface area contributed by atoms with Crippen molar-refractivity contribution in [2.75, 3.05) is 29.9 Å². The molecule has 328 valence electrons. The Hall–Kier alpha value is -6.55. The van der Waals surface area contributed by atoms with Gasteiger partial charge in [0.2, 0.25) is 0 Å². The van der Waals surface area contributed by atoms with Crippen molar-refractivity contribution in [3.8, 4) is 11.5 Å². The SMILES string of the molecule is CCc1nc2ccc(Cl)cn2c1C(=O)NCc1ccc(N2CCC(c3ccc(OC(F)(F)F)cc3)CC2)cc1.FC(F)(F)Oc1ccc(CCNc2ncnc3ccccc23)cc1. The third kappa shape index (κ3) is 12.1. The lowest BCUT2D eigenvalue weighted by atomic mass is 9.89. The van der Waals surface area contributed by atoms with Crippen LogP contribution in [0, 0.1) is 0 Å². The third-order valence-electron chi connectivity index (χ3n) is 10.4. The van der Waals surface area contributed by atoms with Crippen molar-refractivity contribution in [1.29, 1.82) is 0 Å². The van der Waals surface area contributed by atoms with Crippen LogP contribution in [0.15, 0.2) is 122 Å². The molecule has 0 radical (unpaired) electrons. The fraction of sp³-hybridized carbons (Fsp3) is 0.261. The Morgan fingerprint density at radius 3 is 2.08 bits per heavy atom. The number of carbonyl (C=O) groups is 1. The highest BCUT2D eigenvalue weighted by molar-refractivity contribution is 6.30. The molecule has 7 aromatic rings. The van der Waals surface area contributed by atoms with Gasteiger partial charge in [0.05, 0.1) is 16.2 Å². The Labute approximate surface area is 363 Å². The van der Waals surface area contributed by atoms with Crippen LogP contribution < -0.4 is 25.0 Å². The van der Waals surface area contributed by atoms with Crippen molar-refractivity contribution in [3.05, 3.63) is 155 Å². The number of benzene rings is 4. The third-order valence-corrected chi connectivity index (χ3v) is 10.7. The van der Waals surface area contributed by atoms with Crippen LogP contribution in [0.5, 0.6) is 11.5 Å². The lowest BCUT2D eigenvalue weighted by Crippen LogP contribution is -2.32. The van der Waals surface area contributed by atoms with Gasteiger partial charge in [-0.05, 0) is 109 Å². The van der Waals surface area contributed by atoms with E-state index in [0.717, 1.165) is 70.7 Å². The van der Waals surface area contributed by atoms with Gasteiger partial charge in [-0.3, -0.25) is 9.20 Å². The number of aryl methyl sites for hydroxylation is 1. The number of nitrogens with zero attached hydrogens (tertiary/aromatic N) is 5. The Kier molecular flexibility index (Phi) is 13.9. The Morgan fingerprint density at radius 2 is 1.43 bits per heavy atom. The van der Waals surface area contributed by atoms with Crippen molar-refractivity contribution in [2.45, 2.75) is 57.8 Å². The topological polar surface area (TPSA) is 106 Å². The number of nitrogens with one attached hydrogen (secondary N) is 2. The number of alkyl halides is 6. The molecule has 0 aliphatic carbocycles. The van der Waals surface area contributed by atoms with Crippen LogP contribution in [0.25, 0.3) is 16.6 Å². The highest BCUT2D eigenvalue weighted by atomic mass is 35.5. The van der Waals surface area contributed by atoms with E-state index in [1.165, 1.54) is 30.6 Å². The molecule has 1 saturated heterocycles. The second-order valence-electron chi connectivity index (χ2n) is 14.7. The van der Waals surface area contributed by atoms with Crippen molar-refractivity contribution in [1.82, 2.24) is 24.7 Å². The van der Waals surface area contributed by atoms with Crippen molar-refractivity contribution >= 4 is 45.6 Å². The predicted octanol–water partition coefficient (Wildman–Crippen LogP) is 10.9. The second-order valence-corrected chi connectivity index (χ2v) is 15.1. The monoisotopic (exact) mass is 889 g/mol. The summed E-state index contributed by atoms with van der Waals surface area (Å²) in [6.07, 6.45) is -3.08. The van der Waals surface area contributed by atoms with Crippen molar-refractivity contribution < 1.29 is 40.6 Å². The van der Waals surface area contributed by atoms with E-state index in [9.17, 15) is 31.1 Å². The zero-order chi connectivity index (χ0) is 44.6. The molecule has 1 aliphatic rings. The lowest BCUT2D eigenvalue weighted by molar-refractivity contribution is -0.275. The van der Waals surface area contributed by atoms with Crippen LogP contribution in [0.1, 0.15) is 58.6 Å². The van der Waals surface area contributed by atoms with Gasteiger partial charge in [-0.1, -0.05) is 67.1 Å². The highest BCUT2D eigenvalue weighted by Crippen LogP contribution is 2.33. The van der Waals surface area contributed by atoms with Crippen LogP contribution in [-0.4, -0.2) is 57.6 Å². The van der Waals surface area contributed by atoms with Gasteiger partial charge in [0.15, 0.2) is 0 Å². The number of pyridine rings is 1. The second kappa shape index (κ2) is 19.7. The molecule has 0 bridgehead atoms. The molecule has 2 N–H and O–H groups in total. The van der Waals surface area contributed by atoms with Crippen molar-refractivity contribution in [3.63, 3.8) is 0 Å². The van der Waals surface area contributed by atoms with E-state index in [2.05, 4.69) is 52.1 Å². The molecule has 8 rings (SSSR count). The van der Waals surface area contributed by atoms with Gasteiger partial charge in [0.1, 0.15) is 35.0 Å². The number of rotatable bonds is 12. The van der Waals surface area contributed by atoms with E-state index in [-0.39, 0.29) is 23.3 Å². The van der Waals surface area contributed by atoms with E-state index in [1.807, 2.05) is 43.3 Å². The van der Waals surface area contributed by atoms with Gasteiger partial charge in [-0.2, -0.15) is 0 Å². The van der Waals surface area contributed by atoms with Crippen LogP contribution in [0.3, 0.4) is 0 Å². The summed E-state index contributed by atoms with van der Waals surface area (Å²) < 4.78 is 83.1. The van der Waals surface area contributed by atoms with Gasteiger partial charge in [-0.25, -0.2) is 15.0 Å². The number of para-hydroxylation sites is 1. The van der Waals surface area contributed by atoms with E-state index >= 15 is 0 Å². The molecular weight excluding hydrogens is 848 g/mol. The van der Waals surface area contributed by atoms with E-state index in [1.54, 1.807) is 47.0 Å². The molecule has 1 amide bonds. The first-order valence-electron chi connectivity index (χ1n) is 20.1. The summed E-state index contributed by atoms with van der Waals surface area (Å²) in [7, 11) is 0. The zero-order valence-electron chi connectivity index (χ0n) is 33.9. The van der Waals surface area contributed by atoms with Gasteiger partial charge in [0.25, 0.3) is 5.91 Å². The molecule has 0 spiro atoms. The zero-order valence-corrected chi connectivity index (χ0v) is 34.6. The standard InChI is InChI=1S/C29H28ClF3N4O2.C17H14F3N3O/c1-2-25-27(37-18-22(30)7-12-26(37)35-25)28(38)34-17-19-3-8-23(9-4-19)36-15-13-21(14-16-36)20-5-10-24(11-6-20)39-29(31,32)33;18-17(19,20)24-13-7-5-12(6-8-13)9-10-21-16-14-3-1-2-4-15(14)22-11-23-16/h3-12,18,21H,2,13-17H2,1H3,(H,34,38);1-8,11H,9-10H2,(H,21,22,23). The quantitative estimate of drug-likeness (QED) is 0.117. The van der Waals surface area contributed by atoms with E-state index in [4.69, 9.17) is 11.6 Å². The number of anilines is 2. The number of fused-ring (bicyclic) bond motifs is 2. The number of halogens is 7. The number of carbonyl (C=O) groups excluding carboxylic acids is 1. The number of piperidine rings is 1. The first kappa shape index (κ1) is 44.5. The molecule has 4 aromatic carbocycles. The Balaban J connectivity index is 0.000000212. The average Bonchev–Trinajstić information content (AvgIpc) is 3.64. The van der Waals surface area contributed by atoms with Gasteiger partial charge < -0.3 is 25.0 Å². The van der Waals surface area contributed by atoms with Gasteiger partial charge >= 0.3 is 12.7 Å². The smallest absolute Gasteiger partial charge is 0.406 e. The molecule has 0 saturated carbocycles. The number of hydrogen-bond donors (Lipinski definition) is 2. The van der Waals surface area contributed by atoms with E-state index in [0.29, 0.717) is 42.3 Å². The summed E-state index contributed by atoms with van der Waals surface area (Å²) in [6, 6.07) is 31.3. The minimum absolute atomic E-state index is 0.200. The Morgan fingerprint density at radius 1 is 0.794 bits per heavy atom. The molecule has 10 nitrogen and oxygen atoms in total. The maximum absolute atomic E-state index is 13.0. The molecule has 1 fully saturated rings. The van der Waals surface area contributed by atoms with Gasteiger partial charge in [0, 0.05) is 43.4 Å². The number of aromatic nitrogens is 4. The fourth-order valence-electron chi connectivity index (χ4n) is 7.39. The predicted molar refractivity (Wildman–Crippen MR) is 229 cm³/mol. The van der Waals surface area contributed by atoms with Crippen LogP contribution >= 0.6 is 11.6 Å². The fourth-order valence-corrected chi connectivity index (χ4v) is 7.55. The first-order valence-corrected chi connectivity index (χ1v) is 20.5. The summed E-state index contributed by atoms with van der Waals surface area (Å²) in [5.41, 5.74) is 6.75. The van der Waals surface area contributed by atoms with Crippen LogP contribution in [-0.2, 0) is 19.4 Å². The first-order chi connectivity index (χ1) is 30.2. The maximum Gasteiger partial charge on any atom is 0.573 e. The van der Waals surface area contributed by atoms with Gasteiger partial charge in [-0.15, -0.1) is 26.3 Å². The number of amides is 1. The molecule has 1 aliphatic heterocycles. The number of hydrogen-bond acceptors (Lipinski definition) is 8. The summed E-state index contributed by atoms with van der Waals surface area (Å²) in [6.45, 7) is 4.63. The normalized spacial score (nSPS) is 13.4. The molecular formula is C46H42ClF6N7O3. The van der Waals surface area contributed by atoms with Crippen LogP contribution in [0.4, 0.5) is 37.8 Å². The summed E-state index contributed by atoms with van der Waals surface area (Å²) in [5.74, 6) is 0.399. The molecule has 0 atom stereocenters. The van der Waals surface area contributed by atoms with E-state index < -0.39 is 12.7 Å². The Bertz CT molecular complexity index is 2610. The minimum atomic E-state index is -4.68. The summed E-state index contributed by atoms with van der Waals surface area (Å²) in [5, 5.41) is 7.68. The molecule has 0 unspecified atom stereocenters. The lowest BCUT2D eigenvalue weighted by Gasteiger charge is -2.34. The average molecular weight is 890 g/mol. The highest BCUT2D eigenvalue weighted by Gasteiger charge is 2.32. The number of ether oxygens (including phenoxy) is 2. The molecule has 17 heteroatoms. The molecule has 4 heterocycles. The van der Waals surface area contributed by atoms with Crippen molar-refractivity contribution in [2.24, 2.45) is 0 Å².